The predicted octanol–water partition coefficient (Wildman–Crippen LogP) is 3.41. The Labute approximate surface area is 189 Å². The third-order valence-corrected chi connectivity index (χ3v) is 11.1. The first-order valence-corrected chi connectivity index (χ1v) is 13.9. The van der Waals surface area contributed by atoms with Crippen molar-refractivity contribution >= 4 is 8.32 Å². The number of hydroxylamine groups is 2. The zero-order chi connectivity index (χ0) is 23.7. The fourth-order valence-corrected chi connectivity index (χ4v) is 4.56. The lowest BCUT2D eigenvalue weighted by molar-refractivity contribution is -0.154. The number of nitrogens with zero attached hydrogens (tertiary/aromatic N) is 2. The van der Waals surface area contributed by atoms with Crippen molar-refractivity contribution in [3.63, 3.8) is 0 Å². The SMILES string of the molecule is Cc1cn([C@H]2C[C@@H](N(O)Cc3ccccc3)[C@@H](CO[Si](C)(C)C(C)(C)C)O2)c(=O)[nH]c1=O. The minimum Gasteiger partial charge on any atom is -0.414 e. The van der Waals surface area contributed by atoms with E-state index in [1.54, 1.807) is 6.92 Å². The van der Waals surface area contributed by atoms with Crippen LogP contribution in [0.25, 0.3) is 0 Å². The summed E-state index contributed by atoms with van der Waals surface area (Å²) in [5.41, 5.74) is 0.463. The second kappa shape index (κ2) is 9.44. The van der Waals surface area contributed by atoms with Crippen LogP contribution in [-0.4, -0.2) is 46.9 Å². The molecule has 1 saturated heterocycles. The van der Waals surface area contributed by atoms with E-state index >= 15 is 0 Å². The van der Waals surface area contributed by atoms with Crippen molar-refractivity contribution in [2.75, 3.05) is 6.61 Å². The number of hydrogen-bond donors (Lipinski definition) is 2. The van der Waals surface area contributed by atoms with Crippen LogP contribution in [-0.2, 0) is 15.7 Å². The molecule has 32 heavy (non-hydrogen) atoms. The zero-order valence-electron chi connectivity index (χ0n) is 19.8. The van der Waals surface area contributed by atoms with Gasteiger partial charge in [-0.3, -0.25) is 14.3 Å². The van der Waals surface area contributed by atoms with E-state index in [9.17, 15) is 14.8 Å². The molecule has 176 valence electrons. The van der Waals surface area contributed by atoms with Crippen molar-refractivity contribution in [2.24, 2.45) is 0 Å². The second-order valence-corrected chi connectivity index (χ2v) is 14.9. The van der Waals surface area contributed by atoms with Gasteiger partial charge in [0.1, 0.15) is 12.3 Å². The van der Waals surface area contributed by atoms with Gasteiger partial charge < -0.3 is 14.4 Å². The Bertz CT molecular complexity index is 1030. The molecular weight excluding hydrogens is 426 g/mol. The molecule has 0 bridgehead atoms. The van der Waals surface area contributed by atoms with Crippen molar-refractivity contribution in [3.8, 4) is 0 Å². The van der Waals surface area contributed by atoms with Gasteiger partial charge in [-0.2, -0.15) is 5.06 Å². The van der Waals surface area contributed by atoms with Gasteiger partial charge in [0.15, 0.2) is 8.32 Å². The number of ether oxygens (including phenoxy) is 1. The summed E-state index contributed by atoms with van der Waals surface area (Å²) >= 11 is 0. The number of benzene rings is 1. The molecule has 0 amide bonds. The summed E-state index contributed by atoms with van der Waals surface area (Å²) in [6.45, 7) is 13.2. The van der Waals surface area contributed by atoms with Gasteiger partial charge in [0.05, 0.1) is 12.6 Å². The van der Waals surface area contributed by atoms with E-state index in [-0.39, 0.29) is 11.1 Å². The molecule has 3 atom stereocenters. The number of aromatic amines is 1. The van der Waals surface area contributed by atoms with Crippen LogP contribution in [0.3, 0.4) is 0 Å². The highest BCUT2D eigenvalue weighted by molar-refractivity contribution is 6.74. The van der Waals surface area contributed by atoms with E-state index in [0.717, 1.165) is 5.56 Å². The number of aromatic nitrogens is 2. The van der Waals surface area contributed by atoms with Crippen LogP contribution in [0.2, 0.25) is 18.1 Å². The maximum atomic E-state index is 12.4. The van der Waals surface area contributed by atoms with Gasteiger partial charge >= 0.3 is 5.69 Å². The molecule has 0 saturated carbocycles. The molecule has 1 aliphatic rings. The van der Waals surface area contributed by atoms with Crippen LogP contribution in [0.15, 0.2) is 46.1 Å². The van der Waals surface area contributed by atoms with Crippen LogP contribution in [0.5, 0.6) is 0 Å². The van der Waals surface area contributed by atoms with Crippen LogP contribution in [0.1, 0.15) is 44.5 Å². The Balaban J connectivity index is 1.84. The van der Waals surface area contributed by atoms with E-state index in [1.807, 2.05) is 30.3 Å². The van der Waals surface area contributed by atoms with Crippen LogP contribution < -0.4 is 11.2 Å². The van der Waals surface area contributed by atoms with E-state index in [4.69, 9.17) is 9.16 Å². The van der Waals surface area contributed by atoms with E-state index in [1.165, 1.54) is 15.8 Å². The van der Waals surface area contributed by atoms with Crippen molar-refractivity contribution in [1.29, 1.82) is 0 Å². The lowest BCUT2D eigenvalue weighted by atomic mass is 10.1. The highest BCUT2D eigenvalue weighted by atomic mass is 28.4. The van der Waals surface area contributed by atoms with Gasteiger partial charge in [0.25, 0.3) is 5.56 Å². The van der Waals surface area contributed by atoms with E-state index < -0.39 is 31.9 Å². The van der Waals surface area contributed by atoms with Crippen LogP contribution >= 0.6 is 0 Å². The Morgan fingerprint density at radius 1 is 1.25 bits per heavy atom. The largest absolute Gasteiger partial charge is 0.414 e. The lowest BCUT2D eigenvalue weighted by Crippen LogP contribution is -2.46. The highest BCUT2D eigenvalue weighted by Gasteiger charge is 2.43. The third kappa shape index (κ3) is 5.47. The number of hydrogen-bond acceptors (Lipinski definition) is 6. The molecule has 8 nitrogen and oxygen atoms in total. The molecule has 2 N–H and O–H groups in total. The van der Waals surface area contributed by atoms with Crippen molar-refractivity contribution in [3.05, 3.63) is 68.5 Å². The smallest absolute Gasteiger partial charge is 0.330 e. The molecule has 0 radical (unpaired) electrons. The normalized spacial score (nSPS) is 21.9. The topological polar surface area (TPSA) is 96.8 Å². The number of nitrogens with one attached hydrogen (secondary N) is 1. The van der Waals surface area contributed by atoms with Crippen LogP contribution in [0, 0.1) is 6.92 Å². The number of rotatable bonds is 7. The van der Waals surface area contributed by atoms with Crippen molar-refractivity contribution < 1.29 is 14.4 Å². The minimum absolute atomic E-state index is 0.0381. The summed E-state index contributed by atoms with van der Waals surface area (Å²) in [5.74, 6) is 0. The Morgan fingerprint density at radius 3 is 2.53 bits per heavy atom. The van der Waals surface area contributed by atoms with Gasteiger partial charge in [-0.15, -0.1) is 0 Å². The lowest BCUT2D eigenvalue weighted by Gasteiger charge is -2.37. The average molecular weight is 462 g/mol. The first-order valence-electron chi connectivity index (χ1n) is 11.0. The molecule has 1 aliphatic heterocycles. The quantitative estimate of drug-likeness (QED) is 0.484. The summed E-state index contributed by atoms with van der Waals surface area (Å²) in [5, 5.41) is 12.3. The monoisotopic (exact) mass is 461 g/mol. The molecular formula is C23H35N3O5Si. The predicted molar refractivity (Wildman–Crippen MR) is 125 cm³/mol. The molecule has 2 aromatic rings. The Morgan fingerprint density at radius 2 is 1.91 bits per heavy atom. The molecule has 0 unspecified atom stereocenters. The molecule has 2 heterocycles. The summed E-state index contributed by atoms with van der Waals surface area (Å²) in [6, 6.07) is 9.32. The molecule has 0 aliphatic carbocycles. The minimum atomic E-state index is -2.04. The highest BCUT2D eigenvalue weighted by Crippen LogP contribution is 2.38. The second-order valence-electron chi connectivity index (χ2n) is 10.1. The Hall–Kier alpha value is -2.04. The van der Waals surface area contributed by atoms with Crippen molar-refractivity contribution in [1.82, 2.24) is 14.6 Å². The Kier molecular flexibility index (Phi) is 7.26. The molecule has 0 spiro atoms. The fourth-order valence-electron chi connectivity index (χ4n) is 3.54. The molecule has 1 aromatic heterocycles. The standard InChI is InChI=1S/C23H35N3O5Si/c1-16-13-25(22(28)24-21(16)27)20-12-18(26(29)14-17-10-8-7-9-11-17)19(31-20)15-30-32(5,6)23(2,3)4/h7-11,13,18-20,29H,12,14-15H2,1-6H3,(H,24,27,28)/t18-,19-,20-/m1/s1. The summed E-state index contributed by atoms with van der Waals surface area (Å²) in [6.07, 6.45) is 0.863. The summed E-state index contributed by atoms with van der Waals surface area (Å²) in [7, 11) is -2.04. The van der Waals surface area contributed by atoms with Crippen LogP contribution in [0.4, 0.5) is 0 Å². The van der Waals surface area contributed by atoms with Gasteiger partial charge in [-0.05, 0) is 30.6 Å². The average Bonchev–Trinajstić information content (AvgIpc) is 3.13. The van der Waals surface area contributed by atoms with Gasteiger partial charge in [-0.1, -0.05) is 51.1 Å². The third-order valence-electron chi connectivity index (χ3n) is 6.65. The van der Waals surface area contributed by atoms with Gasteiger partial charge in [0, 0.05) is 24.7 Å². The molecule has 1 fully saturated rings. The van der Waals surface area contributed by atoms with Gasteiger partial charge in [0.2, 0.25) is 0 Å². The maximum Gasteiger partial charge on any atom is 0.330 e. The fraction of sp³-hybridized carbons (Fsp3) is 0.565. The zero-order valence-corrected chi connectivity index (χ0v) is 20.8. The molecule has 1 aromatic carbocycles. The first kappa shape index (κ1) is 24.6. The molecule has 9 heteroatoms. The number of aryl methyl sites for hydroxylation is 1. The molecule has 3 rings (SSSR count). The summed E-state index contributed by atoms with van der Waals surface area (Å²) < 4.78 is 14.0. The maximum absolute atomic E-state index is 12.4. The van der Waals surface area contributed by atoms with E-state index in [2.05, 4.69) is 38.8 Å². The van der Waals surface area contributed by atoms with Crippen molar-refractivity contribution in [2.45, 2.75) is 77.2 Å². The summed E-state index contributed by atoms with van der Waals surface area (Å²) in [4.78, 5) is 26.5. The van der Waals surface area contributed by atoms with Gasteiger partial charge in [-0.25, -0.2) is 4.79 Å². The van der Waals surface area contributed by atoms with E-state index in [0.29, 0.717) is 25.1 Å². The first-order chi connectivity index (χ1) is 14.9. The number of H-pyrrole nitrogens is 1.